The third kappa shape index (κ3) is 3.58. The molecule has 3 rings (SSSR count). The summed E-state index contributed by atoms with van der Waals surface area (Å²) in [6.45, 7) is 2.06. The Bertz CT molecular complexity index is 732. The van der Waals surface area contributed by atoms with Crippen molar-refractivity contribution >= 4 is 52.0 Å². The smallest absolute Gasteiger partial charge is 0.263 e. The number of aryl methyl sites for hydroxylation is 1. The Hall–Kier alpha value is -1.50. The van der Waals surface area contributed by atoms with Crippen LogP contribution < -0.4 is 5.32 Å². The number of amides is 1. The van der Waals surface area contributed by atoms with E-state index >= 15 is 0 Å². The van der Waals surface area contributed by atoms with Crippen LogP contribution in [0.25, 0.3) is 6.08 Å². The van der Waals surface area contributed by atoms with E-state index < -0.39 is 0 Å². The number of rotatable bonds is 3. The maximum atomic E-state index is 11.6. The van der Waals surface area contributed by atoms with E-state index in [-0.39, 0.29) is 5.91 Å². The second-order valence-electron chi connectivity index (χ2n) is 4.42. The zero-order chi connectivity index (χ0) is 14.8. The quantitative estimate of drug-likeness (QED) is 0.672. The lowest BCUT2D eigenvalue weighted by Crippen LogP contribution is -2.17. The van der Waals surface area contributed by atoms with Crippen molar-refractivity contribution in [1.82, 2.24) is 5.32 Å². The molecule has 106 valence electrons. The molecule has 3 nitrogen and oxygen atoms in total. The average molecular weight is 333 g/mol. The number of thioether (sulfide) groups is 1. The van der Waals surface area contributed by atoms with Crippen LogP contribution in [0.15, 0.2) is 55.7 Å². The predicted molar refractivity (Wildman–Crippen MR) is 90.3 cm³/mol. The van der Waals surface area contributed by atoms with E-state index in [0.29, 0.717) is 15.0 Å². The van der Waals surface area contributed by atoms with Crippen LogP contribution in [0, 0.1) is 6.92 Å². The normalized spacial score (nSPS) is 16.5. The van der Waals surface area contributed by atoms with Crippen LogP contribution in [0.2, 0.25) is 0 Å². The highest BCUT2D eigenvalue weighted by molar-refractivity contribution is 8.26. The number of carbonyl (C=O) groups is 1. The Labute approximate surface area is 136 Å². The van der Waals surface area contributed by atoms with Crippen molar-refractivity contribution in [1.29, 1.82) is 0 Å². The average Bonchev–Trinajstić information content (AvgIpc) is 3.00. The minimum Gasteiger partial charge on any atom is -0.450 e. The topological polar surface area (TPSA) is 42.2 Å². The molecular formula is C15H11NO2S3. The van der Waals surface area contributed by atoms with E-state index in [4.69, 9.17) is 16.6 Å². The van der Waals surface area contributed by atoms with Crippen LogP contribution in [0.1, 0.15) is 11.3 Å². The SMILES string of the molecule is Cc1ccc(Sc2ccc(/C=C3/SC(=S)NC3=O)o2)cc1. The van der Waals surface area contributed by atoms with E-state index in [0.717, 1.165) is 9.99 Å². The van der Waals surface area contributed by atoms with Gasteiger partial charge in [-0.25, -0.2) is 0 Å². The summed E-state index contributed by atoms with van der Waals surface area (Å²) in [5.41, 5.74) is 1.23. The summed E-state index contributed by atoms with van der Waals surface area (Å²) >= 11 is 7.74. The summed E-state index contributed by atoms with van der Waals surface area (Å²) in [6.07, 6.45) is 1.71. The molecule has 21 heavy (non-hydrogen) atoms. The first kappa shape index (κ1) is 14.4. The molecule has 1 fully saturated rings. The molecule has 2 aromatic rings. The van der Waals surface area contributed by atoms with Crippen LogP contribution in [0.5, 0.6) is 0 Å². The van der Waals surface area contributed by atoms with Crippen molar-refractivity contribution in [2.45, 2.75) is 16.9 Å². The molecule has 0 unspecified atom stereocenters. The summed E-state index contributed by atoms with van der Waals surface area (Å²) in [5.74, 6) is 0.473. The third-order valence-corrected chi connectivity index (χ3v) is 4.85. The summed E-state index contributed by atoms with van der Waals surface area (Å²) in [5, 5.41) is 3.37. The van der Waals surface area contributed by atoms with Crippen LogP contribution >= 0.6 is 35.7 Å². The van der Waals surface area contributed by atoms with Gasteiger partial charge in [0.15, 0.2) is 5.09 Å². The van der Waals surface area contributed by atoms with Gasteiger partial charge in [0.25, 0.3) is 5.91 Å². The van der Waals surface area contributed by atoms with Gasteiger partial charge in [0, 0.05) is 11.0 Å². The molecule has 1 aromatic carbocycles. The fraction of sp³-hybridized carbons (Fsp3) is 0.0667. The van der Waals surface area contributed by atoms with Gasteiger partial charge in [-0.2, -0.15) is 0 Å². The van der Waals surface area contributed by atoms with Gasteiger partial charge >= 0.3 is 0 Å². The number of thiocarbonyl (C=S) groups is 1. The van der Waals surface area contributed by atoms with Gasteiger partial charge in [-0.15, -0.1) is 0 Å². The van der Waals surface area contributed by atoms with Crippen molar-refractivity contribution in [3.05, 3.63) is 52.6 Å². The molecule has 6 heteroatoms. The molecule has 0 saturated carbocycles. The number of furan rings is 1. The molecule has 1 aliphatic heterocycles. The van der Waals surface area contributed by atoms with E-state index in [9.17, 15) is 4.79 Å². The second kappa shape index (κ2) is 6.09. The minimum absolute atomic E-state index is 0.172. The maximum Gasteiger partial charge on any atom is 0.263 e. The number of benzene rings is 1. The molecule has 0 radical (unpaired) electrons. The number of nitrogens with one attached hydrogen (secondary N) is 1. The van der Waals surface area contributed by atoms with Crippen molar-refractivity contribution < 1.29 is 9.21 Å². The molecule has 0 bridgehead atoms. The van der Waals surface area contributed by atoms with Gasteiger partial charge in [0.1, 0.15) is 10.1 Å². The minimum atomic E-state index is -0.172. The highest BCUT2D eigenvalue weighted by Crippen LogP contribution is 2.31. The molecule has 0 atom stereocenters. The second-order valence-corrected chi connectivity index (χ2v) is 7.22. The molecule has 1 N–H and O–H groups in total. The van der Waals surface area contributed by atoms with Crippen LogP contribution in [-0.2, 0) is 4.79 Å². The predicted octanol–water partition coefficient (Wildman–Crippen LogP) is 4.23. The van der Waals surface area contributed by atoms with Crippen molar-refractivity contribution in [2.24, 2.45) is 0 Å². The summed E-state index contributed by atoms with van der Waals surface area (Å²) in [7, 11) is 0. The van der Waals surface area contributed by atoms with Gasteiger partial charge < -0.3 is 9.73 Å². The van der Waals surface area contributed by atoms with Gasteiger partial charge in [0.05, 0.1) is 4.91 Å². The van der Waals surface area contributed by atoms with Crippen molar-refractivity contribution in [3.63, 3.8) is 0 Å². The maximum absolute atomic E-state index is 11.6. The van der Waals surface area contributed by atoms with Gasteiger partial charge in [-0.1, -0.05) is 53.4 Å². The van der Waals surface area contributed by atoms with E-state index in [1.165, 1.54) is 17.3 Å². The summed E-state index contributed by atoms with van der Waals surface area (Å²) in [4.78, 5) is 13.3. The van der Waals surface area contributed by atoms with E-state index in [1.54, 1.807) is 17.8 Å². The zero-order valence-electron chi connectivity index (χ0n) is 11.1. The molecule has 1 saturated heterocycles. The Balaban J connectivity index is 1.74. The fourth-order valence-corrected chi connectivity index (χ4v) is 3.54. The van der Waals surface area contributed by atoms with Crippen LogP contribution in [-0.4, -0.2) is 10.2 Å². The van der Waals surface area contributed by atoms with Gasteiger partial charge in [-0.3, -0.25) is 4.79 Å². The molecule has 1 aromatic heterocycles. The third-order valence-electron chi connectivity index (χ3n) is 2.76. The standard InChI is InChI=1S/C15H11NO2S3/c1-9-2-5-11(6-3-9)20-13-7-4-10(18-13)8-12-14(17)16-15(19)21-12/h2-8H,1H3,(H,16,17,19)/b12-8+. The number of carbonyl (C=O) groups excluding carboxylic acids is 1. The molecule has 1 amide bonds. The van der Waals surface area contributed by atoms with Crippen molar-refractivity contribution in [2.75, 3.05) is 0 Å². The lowest BCUT2D eigenvalue weighted by Gasteiger charge is -1.98. The molecule has 1 aliphatic rings. The Morgan fingerprint density at radius 1 is 1.24 bits per heavy atom. The lowest BCUT2D eigenvalue weighted by atomic mass is 10.2. The highest BCUT2D eigenvalue weighted by Gasteiger charge is 2.22. The summed E-state index contributed by atoms with van der Waals surface area (Å²) in [6, 6.07) is 12.0. The first-order valence-corrected chi connectivity index (χ1v) is 8.23. The Morgan fingerprint density at radius 2 is 2.00 bits per heavy atom. The molecule has 2 heterocycles. The summed E-state index contributed by atoms with van der Waals surface area (Å²) < 4.78 is 6.19. The number of hydrogen-bond acceptors (Lipinski definition) is 5. The fourth-order valence-electron chi connectivity index (χ4n) is 1.74. The van der Waals surface area contributed by atoms with E-state index in [1.807, 2.05) is 12.1 Å². The van der Waals surface area contributed by atoms with Crippen LogP contribution in [0.4, 0.5) is 0 Å². The van der Waals surface area contributed by atoms with Crippen molar-refractivity contribution in [3.8, 4) is 0 Å². The Kier molecular flexibility index (Phi) is 4.19. The molecule has 0 spiro atoms. The Morgan fingerprint density at radius 3 is 2.67 bits per heavy atom. The van der Waals surface area contributed by atoms with Crippen LogP contribution in [0.3, 0.4) is 0 Å². The highest BCUT2D eigenvalue weighted by atomic mass is 32.2. The van der Waals surface area contributed by atoms with E-state index in [2.05, 4.69) is 36.5 Å². The first-order valence-electron chi connectivity index (χ1n) is 6.19. The molecular weight excluding hydrogens is 322 g/mol. The lowest BCUT2D eigenvalue weighted by molar-refractivity contribution is -0.115. The monoisotopic (exact) mass is 333 g/mol. The first-order chi connectivity index (χ1) is 10.1. The number of hydrogen-bond donors (Lipinski definition) is 1. The zero-order valence-corrected chi connectivity index (χ0v) is 13.5. The van der Waals surface area contributed by atoms with Gasteiger partial charge in [-0.05, 0) is 31.2 Å². The van der Waals surface area contributed by atoms with Gasteiger partial charge in [0.2, 0.25) is 0 Å². The largest absolute Gasteiger partial charge is 0.450 e. The molecule has 0 aliphatic carbocycles.